The van der Waals surface area contributed by atoms with E-state index in [0.717, 1.165) is 11.1 Å². The summed E-state index contributed by atoms with van der Waals surface area (Å²) in [5, 5.41) is 4.58. The lowest BCUT2D eigenvalue weighted by Crippen LogP contribution is -2.17. The summed E-state index contributed by atoms with van der Waals surface area (Å²) in [7, 11) is 0. The molecule has 4 heteroatoms. The lowest BCUT2D eigenvalue weighted by molar-refractivity contribution is 0.0955. The summed E-state index contributed by atoms with van der Waals surface area (Å²) in [4.78, 5) is 11.8. The minimum absolute atomic E-state index is 0.228. The first-order valence-electron chi connectivity index (χ1n) is 5.81. The van der Waals surface area contributed by atoms with Gasteiger partial charge in [0.1, 0.15) is 0 Å². The Kier molecular flexibility index (Phi) is 4.31. The molecule has 96 valence electrons. The van der Waals surface area contributed by atoms with Crippen molar-refractivity contribution < 1.29 is 4.79 Å². The average molecular weight is 273 g/mol. The topological polar surface area (TPSA) is 41.5 Å². The fourth-order valence-electron chi connectivity index (χ4n) is 1.57. The third kappa shape index (κ3) is 3.93. The highest BCUT2D eigenvalue weighted by atomic mass is 35.5. The summed E-state index contributed by atoms with van der Waals surface area (Å²) in [5.41, 5.74) is 4.98. The molecule has 1 N–H and O–H groups in total. The lowest BCUT2D eigenvalue weighted by atomic mass is 10.1. The lowest BCUT2D eigenvalue weighted by Gasteiger charge is -2.00. The molecule has 0 aliphatic carbocycles. The van der Waals surface area contributed by atoms with Gasteiger partial charge in [-0.1, -0.05) is 41.4 Å². The number of carbonyl (C=O) groups is 1. The molecule has 3 nitrogen and oxygen atoms in total. The van der Waals surface area contributed by atoms with Crippen LogP contribution < -0.4 is 5.43 Å². The molecule has 2 rings (SSSR count). The number of halogens is 1. The van der Waals surface area contributed by atoms with Crippen molar-refractivity contribution >= 4 is 23.7 Å². The highest BCUT2D eigenvalue weighted by Gasteiger charge is 2.02. The zero-order valence-electron chi connectivity index (χ0n) is 10.4. The van der Waals surface area contributed by atoms with Crippen LogP contribution in [0.4, 0.5) is 0 Å². The smallest absolute Gasteiger partial charge is 0.267 e. The molecule has 0 saturated heterocycles. The van der Waals surface area contributed by atoms with E-state index < -0.39 is 0 Å². The van der Waals surface area contributed by atoms with Crippen LogP contribution in [0.5, 0.6) is 0 Å². The normalized spacial score (nSPS) is 10.6. The Balaban J connectivity index is 1.98. The van der Waals surface area contributed by atoms with Crippen LogP contribution >= 0.6 is 11.6 Å². The van der Waals surface area contributed by atoms with E-state index in [9.17, 15) is 4.79 Å². The highest BCUT2D eigenvalue weighted by Crippen LogP contribution is 2.08. The van der Waals surface area contributed by atoms with Crippen LogP contribution in [-0.2, 0) is 0 Å². The van der Waals surface area contributed by atoms with Gasteiger partial charge in [-0.25, -0.2) is 5.43 Å². The Bertz CT molecular complexity index is 606. The molecule has 0 saturated carbocycles. The maximum absolute atomic E-state index is 11.8. The maximum atomic E-state index is 11.8. The van der Waals surface area contributed by atoms with E-state index in [1.807, 2.05) is 37.3 Å². The first-order chi connectivity index (χ1) is 9.15. The molecule has 0 aliphatic rings. The first-order valence-corrected chi connectivity index (χ1v) is 6.18. The zero-order valence-corrected chi connectivity index (χ0v) is 11.2. The number of hydrazone groups is 1. The van der Waals surface area contributed by atoms with Gasteiger partial charge >= 0.3 is 0 Å². The number of carbonyl (C=O) groups excluding carboxylic acids is 1. The number of hydrogen-bond acceptors (Lipinski definition) is 2. The molecule has 0 fully saturated rings. The summed E-state index contributed by atoms with van der Waals surface area (Å²) in [5.74, 6) is -0.228. The van der Waals surface area contributed by atoms with Gasteiger partial charge in [0.25, 0.3) is 5.91 Å². The summed E-state index contributed by atoms with van der Waals surface area (Å²) in [6.07, 6.45) is 1.57. The first kappa shape index (κ1) is 13.3. The number of hydrogen-bond donors (Lipinski definition) is 1. The van der Waals surface area contributed by atoms with Gasteiger partial charge in [0.05, 0.1) is 6.21 Å². The third-order valence-electron chi connectivity index (χ3n) is 2.53. The molecule has 2 aromatic rings. The van der Waals surface area contributed by atoms with E-state index in [1.54, 1.807) is 24.4 Å². The van der Waals surface area contributed by atoms with Crippen molar-refractivity contribution in [3.8, 4) is 0 Å². The molecule has 0 heterocycles. The Morgan fingerprint density at radius 3 is 2.63 bits per heavy atom. The largest absolute Gasteiger partial charge is 0.271 e. The van der Waals surface area contributed by atoms with Crippen molar-refractivity contribution in [1.82, 2.24) is 5.43 Å². The monoisotopic (exact) mass is 272 g/mol. The fraction of sp³-hybridized carbons (Fsp3) is 0.0667. The van der Waals surface area contributed by atoms with Crippen molar-refractivity contribution in [2.45, 2.75) is 6.92 Å². The number of aryl methyl sites for hydroxylation is 1. The molecule has 2 aromatic carbocycles. The van der Waals surface area contributed by atoms with Gasteiger partial charge in [-0.2, -0.15) is 5.10 Å². The van der Waals surface area contributed by atoms with E-state index in [2.05, 4.69) is 10.5 Å². The summed E-state index contributed by atoms with van der Waals surface area (Å²) >= 11 is 5.78. The van der Waals surface area contributed by atoms with E-state index in [4.69, 9.17) is 11.6 Å². The van der Waals surface area contributed by atoms with Gasteiger partial charge in [0.2, 0.25) is 0 Å². The molecule has 0 atom stereocenters. The molecule has 0 aliphatic heterocycles. The standard InChI is InChI=1S/C15H13ClN2O/c1-11-3-2-4-13(9-11)15(19)18-17-10-12-5-7-14(16)8-6-12/h2-10H,1H3,(H,18,19)/b17-10+. The number of rotatable bonds is 3. The van der Waals surface area contributed by atoms with E-state index in [1.165, 1.54) is 0 Å². The number of nitrogens with one attached hydrogen (secondary N) is 1. The maximum Gasteiger partial charge on any atom is 0.271 e. The van der Waals surface area contributed by atoms with Crippen LogP contribution in [0.1, 0.15) is 21.5 Å². The number of amides is 1. The van der Waals surface area contributed by atoms with Gasteiger partial charge in [-0.05, 0) is 36.8 Å². The second-order valence-electron chi connectivity index (χ2n) is 4.12. The van der Waals surface area contributed by atoms with Crippen LogP contribution in [0.15, 0.2) is 53.6 Å². The molecule has 0 bridgehead atoms. The minimum atomic E-state index is -0.228. The number of nitrogens with zero attached hydrogens (tertiary/aromatic N) is 1. The van der Waals surface area contributed by atoms with Gasteiger partial charge in [-0.15, -0.1) is 0 Å². The Labute approximate surface area is 116 Å². The highest BCUT2D eigenvalue weighted by molar-refractivity contribution is 6.30. The zero-order chi connectivity index (χ0) is 13.7. The van der Waals surface area contributed by atoms with Crippen LogP contribution in [-0.4, -0.2) is 12.1 Å². The van der Waals surface area contributed by atoms with Crippen LogP contribution in [0.25, 0.3) is 0 Å². The van der Waals surface area contributed by atoms with Gasteiger partial charge in [0, 0.05) is 10.6 Å². The molecule has 1 amide bonds. The minimum Gasteiger partial charge on any atom is -0.267 e. The fourth-order valence-corrected chi connectivity index (χ4v) is 1.69. The van der Waals surface area contributed by atoms with Crippen molar-refractivity contribution in [3.63, 3.8) is 0 Å². The van der Waals surface area contributed by atoms with E-state index in [-0.39, 0.29) is 5.91 Å². The van der Waals surface area contributed by atoms with Crippen LogP contribution in [0, 0.1) is 6.92 Å². The Hall–Kier alpha value is -2.13. The summed E-state index contributed by atoms with van der Waals surface area (Å²) in [6.45, 7) is 1.94. The predicted molar refractivity (Wildman–Crippen MR) is 77.7 cm³/mol. The molecule has 0 radical (unpaired) electrons. The van der Waals surface area contributed by atoms with Crippen molar-refractivity contribution in [2.75, 3.05) is 0 Å². The molecule has 0 spiro atoms. The third-order valence-corrected chi connectivity index (χ3v) is 2.78. The van der Waals surface area contributed by atoms with Crippen molar-refractivity contribution in [3.05, 3.63) is 70.2 Å². The molecule has 0 unspecified atom stereocenters. The van der Waals surface area contributed by atoms with Gasteiger partial charge < -0.3 is 0 Å². The van der Waals surface area contributed by atoms with E-state index >= 15 is 0 Å². The number of benzene rings is 2. The SMILES string of the molecule is Cc1cccc(C(=O)N/N=C/c2ccc(Cl)cc2)c1. The van der Waals surface area contributed by atoms with E-state index in [0.29, 0.717) is 10.6 Å². The van der Waals surface area contributed by atoms with Gasteiger partial charge in [-0.3, -0.25) is 4.79 Å². The van der Waals surface area contributed by atoms with Crippen molar-refractivity contribution in [2.24, 2.45) is 5.10 Å². The van der Waals surface area contributed by atoms with Crippen LogP contribution in [0.3, 0.4) is 0 Å². The molecule has 19 heavy (non-hydrogen) atoms. The quantitative estimate of drug-likeness (QED) is 0.675. The predicted octanol–water partition coefficient (Wildman–Crippen LogP) is 3.41. The second kappa shape index (κ2) is 6.16. The van der Waals surface area contributed by atoms with Crippen molar-refractivity contribution in [1.29, 1.82) is 0 Å². The average Bonchev–Trinajstić information content (AvgIpc) is 2.41. The second-order valence-corrected chi connectivity index (χ2v) is 4.56. The van der Waals surface area contributed by atoms with Crippen LogP contribution in [0.2, 0.25) is 5.02 Å². The van der Waals surface area contributed by atoms with Gasteiger partial charge in [0.15, 0.2) is 0 Å². The molecule has 0 aromatic heterocycles. The molecular formula is C15H13ClN2O. The Morgan fingerprint density at radius 2 is 1.95 bits per heavy atom. The summed E-state index contributed by atoms with van der Waals surface area (Å²) in [6, 6.07) is 14.5. The Morgan fingerprint density at radius 1 is 1.21 bits per heavy atom. The summed E-state index contributed by atoms with van der Waals surface area (Å²) < 4.78 is 0. The molecular weight excluding hydrogens is 260 g/mol.